The van der Waals surface area contributed by atoms with Gasteiger partial charge < -0.3 is 0 Å². The van der Waals surface area contributed by atoms with Crippen LogP contribution >= 0.6 is 0 Å². The van der Waals surface area contributed by atoms with Crippen LogP contribution in [0, 0.1) is 6.92 Å². The number of benzene rings is 2. The zero-order valence-corrected chi connectivity index (χ0v) is 16.6. The lowest BCUT2D eigenvalue weighted by Gasteiger charge is -2.26. The van der Waals surface area contributed by atoms with Crippen LogP contribution in [0.15, 0.2) is 46.6 Å². The van der Waals surface area contributed by atoms with Gasteiger partial charge in [-0.15, -0.1) is 0 Å². The van der Waals surface area contributed by atoms with Crippen molar-refractivity contribution in [1.29, 1.82) is 0 Å². The van der Waals surface area contributed by atoms with Gasteiger partial charge in [0.2, 0.25) is 0 Å². The molecule has 0 atom stereocenters. The maximum Gasteiger partial charge on any atom is 0.0857 e. The fourth-order valence-electron chi connectivity index (χ4n) is 2.88. The largest absolute Gasteiger partial charge is 0.158 e. The number of rotatable bonds is 2. The lowest BCUT2D eigenvalue weighted by molar-refractivity contribution is 0.560. The monoisotopic (exact) mass is 334 g/mol. The van der Waals surface area contributed by atoms with Crippen LogP contribution in [0.5, 0.6) is 0 Å². The molecule has 0 bridgehead atoms. The van der Waals surface area contributed by atoms with Gasteiger partial charge >= 0.3 is 0 Å². The van der Waals surface area contributed by atoms with E-state index in [0.29, 0.717) is 0 Å². The molecule has 0 heterocycles. The van der Waals surface area contributed by atoms with Crippen LogP contribution in [0.1, 0.15) is 58.2 Å². The van der Waals surface area contributed by atoms with Gasteiger partial charge in [-0.3, -0.25) is 0 Å². The smallest absolute Gasteiger partial charge is 0.0857 e. The maximum atomic E-state index is 4.36. The summed E-state index contributed by atoms with van der Waals surface area (Å²) in [5.74, 6) is 0. The predicted octanol–water partition coefficient (Wildman–Crippen LogP) is 5.52. The van der Waals surface area contributed by atoms with E-state index in [1.165, 1.54) is 16.7 Å². The van der Waals surface area contributed by atoms with E-state index in [2.05, 4.69) is 77.4 Å². The van der Waals surface area contributed by atoms with E-state index in [9.17, 15) is 0 Å². The van der Waals surface area contributed by atoms with Gasteiger partial charge in [0.1, 0.15) is 0 Å². The normalized spacial score (nSPS) is 12.6. The molecule has 0 spiro atoms. The molecule has 0 aliphatic rings. The van der Waals surface area contributed by atoms with Crippen molar-refractivity contribution in [2.75, 3.05) is 0 Å². The van der Waals surface area contributed by atoms with Crippen LogP contribution in [-0.4, -0.2) is 0 Å². The van der Waals surface area contributed by atoms with Crippen LogP contribution in [0.3, 0.4) is 0 Å². The van der Waals surface area contributed by atoms with E-state index in [1.807, 2.05) is 30.5 Å². The Bertz CT molecular complexity index is 833. The Kier molecular flexibility index (Phi) is 5.31. The number of nitrogens with zero attached hydrogens (tertiary/aromatic N) is 2. The van der Waals surface area contributed by atoms with Crippen LogP contribution < -0.4 is 10.4 Å². The van der Waals surface area contributed by atoms with Crippen LogP contribution in [0.4, 0.5) is 5.69 Å². The molecular formula is C23H30N2. The first-order valence-electron chi connectivity index (χ1n) is 8.80. The molecule has 132 valence electrons. The molecule has 2 heteroatoms. The summed E-state index contributed by atoms with van der Waals surface area (Å²) in [5, 5.41) is 10.8. The van der Waals surface area contributed by atoms with Gasteiger partial charge in [0.15, 0.2) is 0 Å². The van der Waals surface area contributed by atoms with E-state index in [0.717, 1.165) is 16.1 Å². The summed E-state index contributed by atoms with van der Waals surface area (Å²) in [6, 6.07) is 12.4. The first kappa shape index (κ1) is 19.1. The first-order valence-corrected chi connectivity index (χ1v) is 8.80. The Morgan fingerprint density at radius 2 is 1.32 bits per heavy atom. The quantitative estimate of drug-likeness (QED) is 0.646. The third-order valence-corrected chi connectivity index (χ3v) is 4.30. The molecule has 2 aromatic carbocycles. The van der Waals surface area contributed by atoms with Gasteiger partial charge in [-0.2, -0.15) is 10.2 Å². The van der Waals surface area contributed by atoms with Crippen molar-refractivity contribution in [1.82, 2.24) is 0 Å². The molecule has 0 aliphatic heterocycles. The third kappa shape index (κ3) is 4.88. The second kappa shape index (κ2) is 6.95. The summed E-state index contributed by atoms with van der Waals surface area (Å²) in [6.45, 7) is 19.8. The van der Waals surface area contributed by atoms with Crippen molar-refractivity contribution in [3.05, 3.63) is 63.5 Å². The highest BCUT2D eigenvalue weighted by molar-refractivity contribution is 5.41. The fraction of sp³-hybridized carbons (Fsp3) is 0.391. The third-order valence-electron chi connectivity index (χ3n) is 4.30. The second-order valence-corrected chi connectivity index (χ2v) is 8.77. The minimum Gasteiger partial charge on any atom is -0.158 e. The lowest BCUT2D eigenvalue weighted by Crippen LogP contribution is -2.32. The Morgan fingerprint density at radius 1 is 0.840 bits per heavy atom. The van der Waals surface area contributed by atoms with E-state index in [-0.39, 0.29) is 10.8 Å². The number of hydrogen-bond donors (Lipinski definition) is 0. The first-order chi connectivity index (χ1) is 11.5. The molecular weight excluding hydrogens is 304 g/mol. The van der Waals surface area contributed by atoms with Crippen LogP contribution in [0.25, 0.3) is 12.8 Å². The average Bonchev–Trinajstić information content (AvgIpc) is 2.48. The Morgan fingerprint density at radius 3 is 1.76 bits per heavy atom. The zero-order chi connectivity index (χ0) is 18.8. The highest BCUT2D eigenvalue weighted by Crippen LogP contribution is 2.22. The summed E-state index contributed by atoms with van der Waals surface area (Å²) >= 11 is 0. The Hall–Kier alpha value is -2.22. The highest BCUT2D eigenvalue weighted by Gasteiger charge is 2.21. The molecule has 0 saturated heterocycles. The molecule has 0 aromatic heterocycles. The van der Waals surface area contributed by atoms with E-state index in [4.69, 9.17) is 0 Å². The van der Waals surface area contributed by atoms with Crippen molar-refractivity contribution in [3.63, 3.8) is 0 Å². The SMILES string of the molecule is C=c1c(C(C)(C)C)cc(=C/N=N/c2ccc(C)cc2)cc1C(C)(C)C. The van der Waals surface area contributed by atoms with Crippen LogP contribution in [-0.2, 0) is 10.8 Å². The van der Waals surface area contributed by atoms with Gasteiger partial charge in [0.25, 0.3) is 0 Å². The minimum absolute atomic E-state index is 0.0367. The molecule has 0 saturated carbocycles. The molecule has 2 nitrogen and oxygen atoms in total. The molecule has 0 unspecified atom stereocenters. The highest BCUT2D eigenvalue weighted by atomic mass is 15.1. The summed E-state index contributed by atoms with van der Waals surface area (Å²) in [5.41, 5.74) is 4.68. The Labute approximate surface area is 152 Å². The molecule has 0 aliphatic carbocycles. The standard InChI is InChI=1S/C23H30N2/c1-16-9-11-19(12-10-16)25-24-15-18-13-20(22(3,4)5)17(2)21(14-18)23(6,7)8/h9-15H,2H2,1,3-8H3/b25-24+. The molecule has 0 amide bonds. The molecule has 0 radical (unpaired) electrons. The number of aryl methyl sites for hydroxylation is 1. The van der Waals surface area contributed by atoms with Crippen molar-refractivity contribution in [3.8, 4) is 0 Å². The summed E-state index contributed by atoms with van der Waals surface area (Å²) in [4.78, 5) is 0. The molecule has 2 rings (SSSR count). The van der Waals surface area contributed by atoms with Gasteiger partial charge in [-0.05, 0) is 63.6 Å². The van der Waals surface area contributed by atoms with Gasteiger partial charge in [-0.25, -0.2) is 0 Å². The maximum absolute atomic E-state index is 4.36. The van der Waals surface area contributed by atoms with Gasteiger partial charge in [0, 0.05) is 0 Å². The molecule has 0 fully saturated rings. The zero-order valence-electron chi connectivity index (χ0n) is 16.6. The summed E-state index contributed by atoms with van der Waals surface area (Å²) in [7, 11) is 0. The topological polar surface area (TPSA) is 24.7 Å². The number of hydrogen-bond acceptors (Lipinski definition) is 2. The second-order valence-electron chi connectivity index (χ2n) is 8.77. The lowest BCUT2D eigenvalue weighted by atomic mass is 9.78. The number of azo groups is 1. The van der Waals surface area contributed by atoms with Gasteiger partial charge in [0.05, 0.1) is 11.9 Å². The van der Waals surface area contributed by atoms with Crippen molar-refractivity contribution < 1.29 is 0 Å². The van der Waals surface area contributed by atoms with E-state index in [1.54, 1.807) is 0 Å². The predicted molar refractivity (Wildman–Crippen MR) is 109 cm³/mol. The fourth-order valence-corrected chi connectivity index (χ4v) is 2.88. The van der Waals surface area contributed by atoms with Crippen molar-refractivity contribution in [2.24, 2.45) is 10.2 Å². The summed E-state index contributed by atoms with van der Waals surface area (Å²) < 4.78 is 0. The van der Waals surface area contributed by atoms with E-state index >= 15 is 0 Å². The van der Waals surface area contributed by atoms with Crippen molar-refractivity contribution in [2.45, 2.75) is 59.3 Å². The van der Waals surface area contributed by atoms with Crippen LogP contribution in [0.2, 0.25) is 0 Å². The molecule has 25 heavy (non-hydrogen) atoms. The minimum atomic E-state index is 0.0367. The molecule has 2 aromatic rings. The van der Waals surface area contributed by atoms with Crippen molar-refractivity contribution >= 4 is 18.5 Å². The average molecular weight is 335 g/mol. The van der Waals surface area contributed by atoms with E-state index < -0.39 is 0 Å². The van der Waals surface area contributed by atoms with Gasteiger partial charge in [-0.1, -0.05) is 65.8 Å². The molecule has 0 N–H and O–H groups in total. The Balaban J connectivity index is 2.53. The summed E-state index contributed by atoms with van der Waals surface area (Å²) in [6.07, 6.45) is 1.84.